The highest BCUT2D eigenvalue weighted by Crippen LogP contribution is 2.19. The molecular formula is C13H16N4O2S. The molecule has 0 radical (unpaired) electrons. The van der Waals surface area contributed by atoms with E-state index in [0.29, 0.717) is 5.16 Å². The van der Waals surface area contributed by atoms with E-state index in [1.54, 1.807) is 7.05 Å². The molecule has 6 nitrogen and oxygen atoms in total. The summed E-state index contributed by atoms with van der Waals surface area (Å²) >= 11 is 1.21. The number of carbonyl (C=O) groups excluding carboxylic acids is 1. The Morgan fingerprint density at radius 2 is 2.20 bits per heavy atom. The van der Waals surface area contributed by atoms with E-state index in [1.807, 2.05) is 32.0 Å². The van der Waals surface area contributed by atoms with E-state index in [0.717, 1.165) is 16.8 Å². The smallest absolute Gasteiger partial charge is 0.325 e. The molecule has 1 aromatic carbocycles. The second-order valence-corrected chi connectivity index (χ2v) is 5.40. The molecule has 0 bridgehead atoms. The Hall–Kier alpha value is -2.02. The summed E-state index contributed by atoms with van der Waals surface area (Å²) in [6.07, 6.45) is 0. The minimum atomic E-state index is -0.289. The Kier molecular flexibility index (Phi) is 4.29. The highest BCUT2D eigenvalue weighted by atomic mass is 32.2. The largest absolute Gasteiger partial charge is 0.343 e. The van der Waals surface area contributed by atoms with Crippen LogP contribution in [0.4, 0.5) is 5.69 Å². The third-order valence-electron chi connectivity index (χ3n) is 3.05. The summed E-state index contributed by atoms with van der Waals surface area (Å²) in [6, 6.07) is 5.77. The summed E-state index contributed by atoms with van der Waals surface area (Å²) in [6.45, 7) is 3.97. The fourth-order valence-electron chi connectivity index (χ4n) is 1.66. The first-order valence-corrected chi connectivity index (χ1v) is 7.08. The molecule has 2 N–H and O–H groups in total. The molecule has 0 spiro atoms. The van der Waals surface area contributed by atoms with Crippen LogP contribution in [0.25, 0.3) is 0 Å². The van der Waals surface area contributed by atoms with E-state index in [1.165, 1.54) is 16.3 Å². The minimum absolute atomic E-state index is 0.126. The quantitative estimate of drug-likeness (QED) is 0.836. The number of rotatable bonds is 4. The van der Waals surface area contributed by atoms with Gasteiger partial charge in [0, 0.05) is 12.7 Å². The number of aryl methyl sites for hydroxylation is 1. The lowest BCUT2D eigenvalue weighted by Gasteiger charge is -2.09. The molecule has 1 amide bonds. The molecule has 106 valence electrons. The molecule has 2 aromatic rings. The molecular weight excluding hydrogens is 276 g/mol. The average molecular weight is 292 g/mol. The van der Waals surface area contributed by atoms with Crippen LogP contribution in [0.2, 0.25) is 0 Å². The maximum absolute atomic E-state index is 11.9. The highest BCUT2D eigenvalue weighted by Gasteiger charge is 2.10. The van der Waals surface area contributed by atoms with Crippen molar-refractivity contribution in [1.29, 1.82) is 0 Å². The second-order valence-electron chi connectivity index (χ2n) is 4.45. The molecule has 0 atom stereocenters. The van der Waals surface area contributed by atoms with E-state index < -0.39 is 0 Å². The second kappa shape index (κ2) is 5.96. The number of benzene rings is 1. The number of thioether (sulfide) groups is 1. The molecule has 1 heterocycles. The molecule has 0 aliphatic carbocycles. The van der Waals surface area contributed by atoms with Crippen LogP contribution in [0.3, 0.4) is 0 Å². The molecule has 0 saturated heterocycles. The molecule has 7 heteroatoms. The van der Waals surface area contributed by atoms with Crippen molar-refractivity contribution in [1.82, 2.24) is 14.8 Å². The van der Waals surface area contributed by atoms with Gasteiger partial charge in [-0.25, -0.2) is 9.89 Å². The van der Waals surface area contributed by atoms with Crippen molar-refractivity contribution >= 4 is 23.4 Å². The topological polar surface area (TPSA) is 79.8 Å². The first-order chi connectivity index (χ1) is 9.49. The lowest BCUT2D eigenvalue weighted by molar-refractivity contribution is -0.113. The molecule has 2 rings (SSSR count). The van der Waals surface area contributed by atoms with Gasteiger partial charge in [-0.05, 0) is 31.0 Å². The Bertz CT molecular complexity index is 690. The SMILES string of the molecule is Cc1cccc(NC(=O)CSc2n[nH]c(=O)n2C)c1C. The van der Waals surface area contributed by atoms with Crippen LogP contribution in [0.15, 0.2) is 28.2 Å². The van der Waals surface area contributed by atoms with Gasteiger partial charge in [0.15, 0.2) is 5.16 Å². The van der Waals surface area contributed by atoms with Crippen LogP contribution >= 0.6 is 11.8 Å². The van der Waals surface area contributed by atoms with Crippen molar-refractivity contribution in [2.24, 2.45) is 7.05 Å². The van der Waals surface area contributed by atoms with Gasteiger partial charge in [0.1, 0.15) is 0 Å². The number of nitrogens with one attached hydrogen (secondary N) is 2. The predicted molar refractivity (Wildman–Crippen MR) is 79.1 cm³/mol. The maximum Gasteiger partial charge on any atom is 0.343 e. The van der Waals surface area contributed by atoms with E-state index in [4.69, 9.17) is 0 Å². The number of anilines is 1. The van der Waals surface area contributed by atoms with Gasteiger partial charge < -0.3 is 5.32 Å². The van der Waals surface area contributed by atoms with Crippen molar-refractivity contribution in [3.63, 3.8) is 0 Å². The van der Waals surface area contributed by atoms with Crippen molar-refractivity contribution in [2.75, 3.05) is 11.1 Å². The van der Waals surface area contributed by atoms with E-state index in [-0.39, 0.29) is 17.3 Å². The van der Waals surface area contributed by atoms with Crippen LogP contribution in [0.5, 0.6) is 0 Å². The summed E-state index contributed by atoms with van der Waals surface area (Å²) in [5.41, 5.74) is 2.71. The first kappa shape index (κ1) is 14.4. The number of aromatic nitrogens is 3. The van der Waals surface area contributed by atoms with Gasteiger partial charge in [0.2, 0.25) is 5.91 Å². The standard InChI is InChI=1S/C13H16N4O2S/c1-8-5-4-6-10(9(8)2)14-11(18)7-20-13-16-15-12(19)17(13)3/h4-6H,7H2,1-3H3,(H,14,18)(H,15,19). The summed E-state index contributed by atoms with van der Waals surface area (Å²) in [4.78, 5) is 23.1. The Balaban J connectivity index is 1.98. The van der Waals surface area contributed by atoms with Crippen LogP contribution in [0.1, 0.15) is 11.1 Å². The Morgan fingerprint density at radius 3 is 2.85 bits per heavy atom. The fourth-order valence-corrected chi connectivity index (χ4v) is 2.38. The van der Waals surface area contributed by atoms with E-state index in [9.17, 15) is 9.59 Å². The number of nitrogens with zero attached hydrogens (tertiary/aromatic N) is 2. The third-order valence-corrected chi connectivity index (χ3v) is 4.08. The maximum atomic E-state index is 11.9. The third kappa shape index (κ3) is 3.11. The van der Waals surface area contributed by atoms with Crippen LogP contribution < -0.4 is 11.0 Å². The van der Waals surface area contributed by atoms with Crippen LogP contribution in [-0.4, -0.2) is 26.4 Å². The summed E-state index contributed by atoms with van der Waals surface area (Å²) in [7, 11) is 1.61. The number of aromatic amines is 1. The lowest BCUT2D eigenvalue weighted by Crippen LogP contribution is -2.16. The van der Waals surface area contributed by atoms with Crippen LogP contribution in [-0.2, 0) is 11.8 Å². The van der Waals surface area contributed by atoms with Crippen LogP contribution in [0, 0.1) is 13.8 Å². The number of hydrogen-bond donors (Lipinski definition) is 2. The average Bonchev–Trinajstić information content (AvgIpc) is 2.73. The summed E-state index contributed by atoms with van der Waals surface area (Å²) in [5, 5.41) is 9.52. The number of amides is 1. The molecule has 1 aromatic heterocycles. The predicted octanol–water partition coefficient (Wildman–Crippen LogP) is 1.46. The van der Waals surface area contributed by atoms with Crippen molar-refractivity contribution < 1.29 is 4.79 Å². The number of carbonyl (C=O) groups is 1. The molecule has 0 saturated carbocycles. The van der Waals surface area contributed by atoms with Crippen molar-refractivity contribution in [3.8, 4) is 0 Å². The zero-order valence-corrected chi connectivity index (χ0v) is 12.4. The van der Waals surface area contributed by atoms with Gasteiger partial charge in [-0.15, -0.1) is 5.10 Å². The Labute approximate surface area is 120 Å². The van der Waals surface area contributed by atoms with Gasteiger partial charge in [0.25, 0.3) is 0 Å². The molecule has 20 heavy (non-hydrogen) atoms. The van der Waals surface area contributed by atoms with E-state index in [2.05, 4.69) is 15.5 Å². The van der Waals surface area contributed by atoms with Gasteiger partial charge in [-0.1, -0.05) is 23.9 Å². The van der Waals surface area contributed by atoms with Gasteiger partial charge in [-0.2, -0.15) is 0 Å². The first-order valence-electron chi connectivity index (χ1n) is 6.09. The van der Waals surface area contributed by atoms with E-state index >= 15 is 0 Å². The summed E-state index contributed by atoms with van der Waals surface area (Å²) < 4.78 is 1.37. The van der Waals surface area contributed by atoms with Crippen molar-refractivity contribution in [2.45, 2.75) is 19.0 Å². The number of hydrogen-bond acceptors (Lipinski definition) is 4. The lowest BCUT2D eigenvalue weighted by atomic mass is 10.1. The zero-order chi connectivity index (χ0) is 14.7. The molecule has 0 aliphatic rings. The molecule has 0 fully saturated rings. The Morgan fingerprint density at radius 1 is 1.45 bits per heavy atom. The van der Waals surface area contributed by atoms with Gasteiger partial charge in [0.05, 0.1) is 5.75 Å². The molecule has 0 unspecified atom stereocenters. The number of H-pyrrole nitrogens is 1. The minimum Gasteiger partial charge on any atom is -0.325 e. The monoisotopic (exact) mass is 292 g/mol. The fraction of sp³-hybridized carbons (Fsp3) is 0.308. The zero-order valence-electron chi connectivity index (χ0n) is 11.6. The molecule has 0 aliphatic heterocycles. The normalized spacial score (nSPS) is 10.6. The van der Waals surface area contributed by atoms with Gasteiger partial charge >= 0.3 is 5.69 Å². The summed E-state index contributed by atoms with van der Waals surface area (Å²) in [5.74, 6) is 0.0741. The van der Waals surface area contributed by atoms with Crippen molar-refractivity contribution in [3.05, 3.63) is 39.8 Å². The van der Waals surface area contributed by atoms with Gasteiger partial charge in [-0.3, -0.25) is 9.36 Å². The highest BCUT2D eigenvalue weighted by molar-refractivity contribution is 7.99.